The topological polar surface area (TPSA) is 62.3 Å². The average molecular weight is 407 g/mol. The zero-order valence-corrected chi connectivity index (χ0v) is 16.5. The number of pyridine rings is 1. The Balaban J connectivity index is 2.22. The van der Waals surface area contributed by atoms with Crippen molar-refractivity contribution in [1.29, 1.82) is 0 Å². The minimum atomic E-state index is -4.50. The minimum absolute atomic E-state index is 0.0000284. The molecule has 0 fully saturated rings. The molecule has 1 aromatic heterocycles. The number of rotatable bonds is 7. The molecular formula is C21H24F3N3O2. The third-order valence-corrected chi connectivity index (χ3v) is 4.32. The smallest absolute Gasteiger partial charge is 0.327 e. The maximum absolute atomic E-state index is 12.9. The van der Waals surface area contributed by atoms with E-state index in [0.717, 1.165) is 17.7 Å². The first-order valence-electron chi connectivity index (χ1n) is 9.23. The van der Waals surface area contributed by atoms with Crippen LogP contribution < -0.4 is 5.32 Å². The Bertz CT molecular complexity index is 821. The summed E-state index contributed by atoms with van der Waals surface area (Å²) >= 11 is 0. The van der Waals surface area contributed by atoms with Gasteiger partial charge in [0.15, 0.2) is 0 Å². The van der Waals surface area contributed by atoms with Gasteiger partial charge in [0.1, 0.15) is 11.9 Å². The quantitative estimate of drug-likeness (QED) is 0.735. The van der Waals surface area contributed by atoms with Crippen LogP contribution in [0.25, 0.3) is 0 Å². The number of anilines is 1. The summed E-state index contributed by atoms with van der Waals surface area (Å²) in [5, 5.41) is 2.54. The number of hydrogen-bond donors (Lipinski definition) is 1. The van der Waals surface area contributed by atoms with E-state index in [9.17, 15) is 22.8 Å². The summed E-state index contributed by atoms with van der Waals surface area (Å²) in [6, 6.07) is 10.4. The molecule has 1 heterocycles. The summed E-state index contributed by atoms with van der Waals surface area (Å²) in [5.41, 5.74) is -0.0272. The summed E-state index contributed by atoms with van der Waals surface area (Å²) in [7, 11) is 0. The number of nitrogens with one attached hydrogen (secondary N) is 1. The van der Waals surface area contributed by atoms with E-state index < -0.39 is 23.7 Å². The van der Waals surface area contributed by atoms with Crippen molar-refractivity contribution >= 4 is 17.6 Å². The van der Waals surface area contributed by atoms with Gasteiger partial charge in [0.05, 0.1) is 5.56 Å². The van der Waals surface area contributed by atoms with Crippen LogP contribution in [0.4, 0.5) is 19.0 Å². The molecule has 0 aliphatic rings. The Labute approximate surface area is 167 Å². The van der Waals surface area contributed by atoms with Gasteiger partial charge in [-0.05, 0) is 30.0 Å². The fraction of sp³-hybridized carbons (Fsp3) is 0.381. The third-order valence-electron chi connectivity index (χ3n) is 4.32. The fourth-order valence-electron chi connectivity index (χ4n) is 2.89. The van der Waals surface area contributed by atoms with E-state index in [2.05, 4.69) is 10.3 Å². The largest absolute Gasteiger partial charge is 0.417 e. The van der Waals surface area contributed by atoms with Crippen molar-refractivity contribution in [2.24, 2.45) is 5.92 Å². The van der Waals surface area contributed by atoms with Crippen LogP contribution in [0.1, 0.15) is 38.3 Å². The van der Waals surface area contributed by atoms with Gasteiger partial charge in [0.2, 0.25) is 11.8 Å². The zero-order chi connectivity index (χ0) is 21.6. The first kappa shape index (κ1) is 22.4. The second-order valence-corrected chi connectivity index (χ2v) is 7.20. The molecule has 2 rings (SSSR count). The predicted molar refractivity (Wildman–Crippen MR) is 104 cm³/mol. The van der Waals surface area contributed by atoms with Gasteiger partial charge in [-0.2, -0.15) is 13.2 Å². The molecule has 1 unspecified atom stereocenters. The summed E-state index contributed by atoms with van der Waals surface area (Å²) < 4.78 is 38.1. The lowest BCUT2D eigenvalue weighted by Crippen LogP contribution is -2.47. The number of carbonyl (C=O) groups excluding carboxylic acids is 2. The molecule has 2 aromatic rings. The molecule has 0 aliphatic carbocycles. The average Bonchev–Trinajstić information content (AvgIpc) is 2.64. The van der Waals surface area contributed by atoms with Gasteiger partial charge in [0.25, 0.3) is 0 Å². The summed E-state index contributed by atoms with van der Waals surface area (Å²) in [6.07, 6.45) is -3.44. The van der Waals surface area contributed by atoms with E-state index in [1.54, 1.807) is 0 Å². The maximum Gasteiger partial charge on any atom is 0.417 e. The number of halogens is 3. The summed E-state index contributed by atoms with van der Waals surface area (Å²) in [4.78, 5) is 30.3. The molecule has 29 heavy (non-hydrogen) atoms. The van der Waals surface area contributed by atoms with Gasteiger partial charge >= 0.3 is 6.18 Å². The number of amides is 2. The molecule has 1 N–H and O–H groups in total. The fourth-order valence-corrected chi connectivity index (χ4v) is 2.89. The van der Waals surface area contributed by atoms with Gasteiger partial charge in [-0.3, -0.25) is 9.59 Å². The van der Waals surface area contributed by atoms with Crippen molar-refractivity contribution in [2.75, 3.05) is 5.32 Å². The molecule has 0 bridgehead atoms. The molecular weight excluding hydrogens is 383 g/mol. The van der Waals surface area contributed by atoms with Crippen molar-refractivity contribution in [3.05, 3.63) is 59.8 Å². The molecule has 0 radical (unpaired) electrons. The number of alkyl halides is 3. The normalized spacial score (nSPS) is 12.5. The van der Waals surface area contributed by atoms with E-state index in [4.69, 9.17) is 0 Å². The Kier molecular flexibility index (Phi) is 7.36. The molecule has 156 valence electrons. The Hall–Kier alpha value is -2.90. The van der Waals surface area contributed by atoms with Crippen molar-refractivity contribution in [3.8, 4) is 0 Å². The summed E-state index contributed by atoms with van der Waals surface area (Å²) in [5.74, 6) is -0.643. The van der Waals surface area contributed by atoms with Crippen LogP contribution in [0.5, 0.6) is 0 Å². The maximum atomic E-state index is 12.9. The molecule has 8 heteroatoms. The molecule has 5 nitrogen and oxygen atoms in total. The van der Waals surface area contributed by atoms with Gasteiger partial charge in [-0.1, -0.05) is 44.2 Å². The third kappa shape index (κ3) is 6.58. The van der Waals surface area contributed by atoms with Crippen molar-refractivity contribution in [2.45, 2.75) is 46.0 Å². The van der Waals surface area contributed by atoms with Crippen LogP contribution in [0.2, 0.25) is 0 Å². The van der Waals surface area contributed by atoms with Gasteiger partial charge < -0.3 is 10.2 Å². The minimum Gasteiger partial charge on any atom is -0.327 e. The lowest BCUT2D eigenvalue weighted by atomic mass is 10.0. The second kappa shape index (κ2) is 9.54. The van der Waals surface area contributed by atoms with E-state index in [0.29, 0.717) is 12.6 Å². The number of hydrogen-bond acceptors (Lipinski definition) is 3. The highest BCUT2D eigenvalue weighted by Crippen LogP contribution is 2.29. The van der Waals surface area contributed by atoms with Crippen LogP contribution >= 0.6 is 0 Å². The number of carbonyl (C=O) groups is 2. The lowest BCUT2D eigenvalue weighted by molar-refractivity contribution is -0.138. The Morgan fingerprint density at radius 1 is 1.10 bits per heavy atom. The van der Waals surface area contributed by atoms with Gasteiger partial charge in [-0.25, -0.2) is 4.98 Å². The lowest BCUT2D eigenvalue weighted by Gasteiger charge is -2.31. The van der Waals surface area contributed by atoms with Crippen LogP contribution in [-0.4, -0.2) is 27.7 Å². The van der Waals surface area contributed by atoms with Gasteiger partial charge in [0, 0.05) is 19.7 Å². The monoisotopic (exact) mass is 407 g/mol. The van der Waals surface area contributed by atoms with Crippen LogP contribution in [-0.2, 0) is 22.3 Å². The SMILES string of the molecule is CC(=O)N(Cc1ccccc1)C(CC(C)C)C(=O)Nc1ccc(C(F)(F)F)cn1. The molecule has 2 amide bonds. The highest BCUT2D eigenvalue weighted by atomic mass is 19.4. The Morgan fingerprint density at radius 3 is 2.24 bits per heavy atom. The molecule has 0 saturated heterocycles. The van der Waals surface area contributed by atoms with E-state index in [1.807, 2.05) is 44.2 Å². The Morgan fingerprint density at radius 2 is 1.76 bits per heavy atom. The van der Waals surface area contributed by atoms with Gasteiger partial charge in [-0.15, -0.1) is 0 Å². The standard InChI is InChI=1S/C21H24F3N3O2/c1-14(2)11-18(27(15(3)28)13-16-7-5-4-6-8-16)20(29)26-19-10-9-17(12-25-19)21(22,23)24/h4-10,12,14,18H,11,13H2,1-3H3,(H,25,26,29). The van der Waals surface area contributed by atoms with Crippen molar-refractivity contribution < 1.29 is 22.8 Å². The number of nitrogens with zero attached hydrogens (tertiary/aromatic N) is 2. The highest BCUT2D eigenvalue weighted by molar-refractivity contribution is 5.96. The van der Waals surface area contributed by atoms with E-state index in [1.165, 1.54) is 11.8 Å². The van der Waals surface area contributed by atoms with E-state index >= 15 is 0 Å². The summed E-state index contributed by atoms with van der Waals surface area (Å²) in [6.45, 7) is 5.50. The van der Waals surface area contributed by atoms with Crippen LogP contribution in [0.15, 0.2) is 48.7 Å². The number of aromatic nitrogens is 1. The predicted octanol–water partition coefficient (Wildman–Crippen LogP) is 4.50. The first-order chi connectivity index (χ1) is 13.6. The van der Waals surface area contributed by atoms with Crippen LogP contribution in [0.3, 0.4) is 0 Å². The molecule has 0 aliphatic heterocycles. The van der Waals surface area contributed by atoms with E-state index in [-0.39, 0.29) is 24.2 Å². The van der Waals surface area contributed by atoms with Crippen LogP contribution in [0, 0.1) is 5.92 Å². The second-order valence-electron chi connectivity index (χ2n) is 7.20. The molecule has 1 atom stereocenters. The van der Waals surface area contributed by atoms with Crippen molar-refractivity contribution in [3.63, 3.8) is 0 Å². The molecule has 0 spiro atoms. The van der Waals surface area contributed by atoms with Crippen molar-refractivity contribution in [1.82, 2.24) is 9.88 Å². The first-order valence-corrected chi connectivity index (χ1v) is 9.23. The zero-order valence-electron chi connectivity index (χ0n) is 16.5. The molecule has 1 aromatic carbocycles. The molecule has 0 saturated carbocycles. The highest BCUT2D eigenvalue weighted by Gasteiger charge is 2.32. The number of benzene rings is 1.